The number of hydrogen-bond acceptors (Lipinski definition) is 4. The first-order chi connectivity index (χ1) is 8.07. The Labute approximate surface area is 103 Å². The molecular weight excluding hydrogens is 220 g/mol. The molecule has 17 heavy (non-hydrogen) atoms. The summed E-state index contributed by atoms with van der Waals surface area (Å²) in [5.74, 6) is -2.36. The summed E-state index contributed by atoms with van der Waals surface area (Å²) < 4.78 is 4.19. The minimum absolute atomic E-state index is 0.180. The van der Waals surface area contributed by atoms with E-state index in [0.717, 1.165) is 19.8 Å². The van der Waals surface area contributed by atoms with E-state index < -0.39 is 17.7 Å². The van der Waals surface area contributed by atoms with Crippen molar-refractivity contribution in [2.75, 3.05) is 0 Å². The number of carbonyl (C=O) groups is 3. The monoisotopic (exact) mass is 242 g/mol. The third-order valence-corrected chi connectivity index (χ3v) is 2.47. The van der Waals surface area contributed by atoms with Gasteiger partial charge >= 0.3 is 11.9 Å². The molecule has 0 aliphatic heterocycles. The second-order valence-electron chi connectivity index (χ2n) is 4.18. The van der Waals surface area contributed by atoms with Gasteiger partial charge in [0, 0.05) is 13.3 Å². The molecule has 0 aromatic carbocycles. The van der Waals surface area contributed by atoms with Crippen molar-refractivity contribution in [1.29, 1.82) is 0 Å². The van der Waals surface area contributed by atoms with Gasteiger partial charge < -0.3 is 4.74 Å². The van der Waals surface area contributed by atoms with Crippen LogP contribution in [0.1, 0.15) is 65.2 Å². The first-order valence-electron chi connectivity index (χ1n) is 6.33. The molecule has 0 aliphatic carbocycles. The molecule has 0 fully saturated rings. The molecule has 0 rings (SSSR count). The second kappa shape index (κ2) is 10.00. The topological polar surface area (TPSA) is 60.4 Å². The fourth-order valence-corrected chi connectivity index (χ4v) is 1.53. The van der Waals surface area contributed by atoms with Crippen LogP contribution in [-0.4, -0.2) is 17.7 Å². The van der Waals surface area contributed by atoms with Crippen LogP contribution < -0.4 is 0 Å². The Balaban J connectivity index is 3.45. The normalized spacial score (nSPS) is 10.0. The third kappa shape index (κ3) is 9.72. The van der Waals surface area contributed by atoms with Gasteiger partial charge in [-0.05, 0) is 6.42 Å². The average molecular weight is 242 g/mol. The molecule has 0 bridgehead atoms. The van der Waals surface area contributed by atoms with E-state index in [1.807, 2.05) is 0 Å². The van der Waals surface area contributed by atoms with E-state index in [1.54, 1.807) is 0 Å². The van der Waals surface area contributed by atoms with Crippen LogP contribution in [0.5, 0.6) is 0 Å². The van der Waals surface area contributed by atoms with E-state index in [2.05, 4.69) is 11.7 Å². The number of ether oxygens (including phenoxy) is 1. The molecule has 4 nitrogen and oxygen atoms in total. The zero-order valence-corrected chi connectivity index (χ0v) is 10.8. The second-order valence-corrected chi connectivity index (χ2v) is 4.18. The molecule has 0 atom stereocenters. The highest BCUT2D eigenvalue weighted by Gasteiger charge is 2.16. The molecule has 0 radical (unpaired) electrons. The standard InChI is InChI=1S/C13H22O4/c1-3-4-5-6-7-8-9-10-12(15)13(16)17-11(2)14/h3-10H2,1-2H3. The maximum Gasteiger partial charge on any atom is 0.382 e. The lowest BCUT2D eigenvalue weighted by molar-refractivity contribution is -0.163. The van der Waals surface area contributed by atoms with E-state index >= 15 is 0 Å². The third-order valence-electron chi connectivity index (χ3n) is 2.47. The van der Waals surface area contributed by atoms with Crippen molar-refractivity contribution in [2.45, 2.75) is 65.2 Å². The summed E-state index contributed by atoms with van der Waals surface area (Å²) in [7, 11) is 0. The molecule has 0 N–H and O–H groups in total. The summed E-state index contributed by atoms with van der Waals surface area (Å²) in [6, 6.07) is 0. The van der Waals surface area contributed by atoms with E-state index in [9.17, 15) is 14.4 Å². The predicted octanol–water partition coefficient (Wildman–Crippen LogP) is 2.79. The molecule has 0 aromatic rings. The quantitative estimate of drug-likeness (QED) is 0.270. The molecule has 0 amide bonds. The van der Waals surface area contributed by atoms with Crippen molar-refractivity contribution in [2.24, 2.45) is 0 Å². The summed E-state index contributed by atoms with van der Waals surface area (Å²) in [6.07, 6.45) is 7.80. The molecule has 0 unspecified atom stereocenters. The van der Waals surface area contributed by atoms with Gasteiger partial charge in [-0.3, -0.25) is 9.59 Å². The number of rotatable bonds is 9. The van der Waals surface area contributed by atoms with Crippen LogP contribution in [0.4, 0.5) is 0 Å². The van der Waals surface area contributed by atoms with Gasteiger partial charge in [-0.1, -0.05) is 45.4 Å². The lowest BCUT2D eigenvalue weighted by atomic mass is 10.1. The molecule has 4 heteroatoms. The SMILES string of the molecule is CCCCCCCCCC(=O)C(=O)OC(C)=O. The Kier molecular flexibility index (Phi) is 9.30. The zero-order valence-electron chi connectivity index (χ0n) is 10.8. The maximum absolute atomic E-state index is 11.2. The van der Waals surface area contributed by atoms with Crippen LogP contribution in [0.2, 0.25) is 0 Å². The highest BCUT2D eigenvalue weighted by Crippen LogP contribution is 2.08. The number of esters is 2. The Bertz CT molecular complexity index is 258. The first-order valence-corrected chi connectivity index (χ1v) is 6.33. The Morgan fingerprint density at radius 2 is 1.41 bits per heavy atom. The molecule has 0 saturated heterocycles. The van der Waals surface area contributed by atoms with Gasteiger partial charge in [-0.15, -0.1) is 0 Å². The lowest BCUT2D eigenvalue weighted by Crippen LogP contribution is -2.19. The van der Waals surface area contributed by atoms with Gasteiger partial charge in [0.25, 0.3) is 0 Å². The summed E-state index contributed by atoms with van der Waals surface area (Å²) in [5, 5.41) is 0. The molecular formula is C13H22O4. The van der Waals surface area contributed by atoms with Crippen molar-refractivity contribution in [1.82, 2.24) is 0 Å². The van der Waals surface area contributed by atoms with Crippen LogP contribution in [-0.2, 0) is 19.1 Å². The maximum atomic E-state index is 11.2. The highest BCUT2D eigenvalue weighted by atomic mass is 16.6. The van der Waals surface area contributed by atoms with E-state index in [1.165, 1.54) is 25.7 Å². The fraction of sp³-hybridized carbons (Fsp3) is 0.769. The Morgan fingerprint density at radius 1 is 0.882 bits per heavy atom. The zero-order chi connectivity index (χ0) is 13.1. The minimum Gasteiger partial charge on any atom is -0.387 e. The molecule has 98 valence electrons. The molecule has 0 heterocycles. The molecule has 0 aliphatic rings. The van der Waals surface area contributed by atoms with Crippen LogP contribution in [0.25, 0.3) is 0 Å². The largest absolute Gasteiger partial charge is 0.387 e. The summed E-state index contributed by atoms with van der Waals surface area (Å²) in [5.41, 5.74) is 0. The Hall–Kier alpha value is -1.19. The van der Waals surface area contributed by atoms with Gasteiger partial charge in [0.05, 0.1) is 0 Å². The van der Waals surface area contributed by atoms with E-state index in [-0.39, 0.29) is 6.42 Å². The van der Waals surface area contributed by atoms with E-state index in [0.29, 0.717) is 6.42 Å². The lowest BCUT2D eigenvalue weighted by Gasteiger charge is -2.01. The van der Waals surface area contributed by atoms with E-state index in [4.69, 9.17) is 0 Å². The van der Waals surface area contributed by atoms with Crippen LogP contribution in [0, 0.1) is 0 Å². The van der Waals surface area contributed by atoms with Gasteiger partial charge in [0.15, 0.2) is 0 Å². The minimum atomic E-state index is -1.02. The molecule has 0 aromatic heterocycles. The number of Topliss-reactive ketones (excluding diaryl/α,β-unsaturated/α-hetero) is 1. The van der Waals surface area contributed by atoms with Gasteiger partial charge in [-0.2, -0.15) is 0 Å². The number of carbonyl (C=O) groups excluding carboxylic acids is 3. The van der Waals surface area contributed by atoms with Crippen molar-refractivity contribution in [3.05, 3.63) is 0 Å². The number of hydrogen-bond donors (Lipinski definition) is 0. The van der Waals surface area contributed by atoms with Gasteiger partial charge in [0.1, 0.15) is 0 Å². The van der Waals surface area contributed by atoms with Crippen LogP contribution in [0.3, 0.4) is 0 Å². The van der Waals surface area contributed by atoms with Crippen LogP contribution in [0.15, 0.2) is 0 Å². The van der Waals surface area contributed by atoms with Gasteiger partial charge in [0.2, 0.25) is 5.78 Å². The summed E-state index contributed by atoms with van der Waals surface area (Å²) in [4.78, 5) is 32.6. The van der Waals surface area contributed by atoms with Crippen molar-refractivity contribution >= 4 is 17.7 Å². The molecule has 0 saturated carbocycles. The summed E-state index contributed by atoms with van der Waals surface area (Å²) in [6.45, 7) is 3.28. The Morgan fingerprint density at radius 3 is 1.94 bits per heavy atom. The summed E-state index contributed by atoms with van der Waals surface area (Å²) >= 11 is 0. The van der Waals surface area contributed by atoms with Crippen molar-refractivity contribution in [3.63, 3.8) is 0 Å². The number of unbranched alkanes of at least 4 members (excludes halogenated alkanes) is 6. The van der Waals surface area contributed by atoms with Crippen molar-refractivity contribution in [3.8, 4) is 0 Å². The smallest absolute Gasteiger partial charge is 0.382 e. The van der Waals surface area contributed by atoms with Crippen molar-refractivity contribution < 1.29 is 19.1 Å². The van der Waals surface area contributed by atoms with Crippen LogP contribution >= 0.6 is 0 Å². The fourth-order valence-electron chi connectivity index (χ4n) is 1.53. The number of ketones is 1. The highest BCUT2D eigenvalue weighted by molar-refractivity contribution is 6.35. The molecule has 0 spiro atoms. The predicted molar refractivity (Wildman–Crippen MR) is 64.4 cm³/mol. The van der Waals surface area contributed by atoms with Gasteiger partial charge in [-0.25, -0.2) is 4.79 Å². The average Bonchev–Trinajstić information content (AvgIpc) is 2.26. The first kappa shape index (κ1) is 15.8.